The van der Waals surface area contributed by atoms with E-state index < -0.39 is 0 Å². The highest BCUT2D eigenvalue weighted by atomic mass is 32.1. The number of hydrogen-bond donors (Lipinski definition) is 1. The molecule has 1 N–H and O–H groups in total. The predicted molar refractivity (Wildman–Crippen MR) is 69.7 cm³/mol. The lowest BCUT2D eigenvalue weighted by molar-refractivity contribution is 0.0740. The highest BCUT2D eigenvalue weighted by Gasteiger charge is 2.12. The number of Topliss-reactive ketones (excluding diaryl/α,β-unsaturated/α-hetero) is 1. The molecular formula is C13H19NO2S. The number of hydrogen-bond acceptors (Lipinski definition) is 4. The van der Waals surface area contributed by atoms with Gasteiger partial charge in [-0.2, -0.15) is 0 Å². The molecule has 1 aromatic rings. The molecule has 1 fully saturated rings. The second kappa shape index (κ2) is 6.89. The summed E-state index contributed by atoms with van der Waals surface area (Å²) in [5.74, 6) is 0.0941. The standard InChI is InChI=1S/C13H19NO2S/c15-12(13-5-3-9-17-13)10-16-8-6-11-4-1-2-7-14-11/h3,5,9,11,14H,1-2,4,6-8,10H2/t11-/m0/s1. The zero-order chi connectivity index (χ0) is 11.9. The Balaban J connectivity index is 1.58. The van der Waals surface area contributed by atoms with E-state index in [1.807, 2.05) is 17.5 Å². The lowest BCUT2D eigenvalue weighted by Crippen LogP contribution is -2.34. The first-order valence-corrected chi connectivity index (χ1v) is 7.12. The fourth-order valence-corrected chi connectivity index (χ4v) is 2.72. The molecule has 1 aliphatic rings. The van der Waals surface area contributed by atoms with Crippen molar-refractivity contribution < 1.29 is 9.53 Å². The van der Waals surface area contributed by atoms with Gasteiger partial charge in [-0.15, -0.1) is 11.3 Å². The largest absolute Gasteiger partial charge is 0.373 e. The minimum absolute atomic E-state index is 0.0941. The van der Waals surface area contributed by atoms with Gasteiger partial charge >= 0.3 is 0 Å². The Morgan fingerprint density at radius 3 is 3.18 bits per heavy atom. The molecule has 0 aromatic carbocycles. The summed E-state index contributed by atoms with van der Waals surface area (Å²) >= 11 is 1.48. The molecule has 1 atom stereocenters. The van der Waals surface area contributed by atoms with Crippen molar-refractivity contribution in [2.75, 3.05) is 19.8 Å². The van der Waals surface area contributed by atoms with Gasteiger partial charge in [0.25, 0.3) is 0 Å². The van der Waals surface area contributed by atoms with E-state index in [1.54, 1.807) is 0 Å². The summed E-state index contributed by atoms with van der Waals surface area (Å²) in [6.45, 7) is 2.01. The lowest BCUT2D eigenvalue weighted by atomic mass is 10.0. The summed E-state index contributed by atoms with van der Waals surface area (Å²) in [6.07, 6.45) is 4.85. The summed E-state index contributed by atoms with van der Waals surface area (Å²) in [6, 6.07) is 4.32. The van der Waals surface area contributed by atoms with Crippen LogP contribution in [-0.4, -0.2) is 31.6 Å². The van der Waals surface area contributed by atoms with Gasteiger partial charge < -0.3 is 10.1 Å². The topological polar surface area (TPSA) is 38.3 Å². The molecule has 0 spiro atoms. The Kier molecular flexibility index (Phi) is 5.16. The van der Waals surface area contributed by atoms with Crippen molar-refractivity contribution >= 4 is 17.1 Å². The molecule has 17 heavy (non-hydrogen) atoms. The van der Waals surface area contributed by atoms with Crippen LogP contribution in [0.25, 0.3) is 0 Å². The van der Waals surface area contributed by atoms with Crippen molar-refractivity contribution in [3.8, 4) is 0 Å². The molecule has 0 saturated carbocycles. The monoisotopic (exact) mass is 253 g/mol. The third-order valence-corrected chi connectivity index (χ3v) is 3.96. The van der Waals surface area contributed by atoms with Crippen LogP contribution in [0.15, 0.2) is 17.5 Å². The highest BCUT2D eigenvalue weighted by molar-refractivity contribution is 7.12. The Bertz CT molecular complexity index is 331. The Hall–Kier alpha value is -0.710. The summed E-state index contributed by atoms with van der Waals surface area (Å²) in [4.78, 5) is 12.4. The first-order chi connectivity index (χ1) is 8.36. The van der Waals surface area contributed by atoms with Crippen molar-refractivity contribution in [3.63, 3.8) is 0 Å². The SMILES string of the molecule is O=C(COCC[C@@H]1CCCCN1)c1cccs1. The van der Waals surface area contributed by atoms with E-state index in [-0.39, 0.29) is 12.4 Å². The van der Waals surface area contributed by atoms with Crippen LogP contribution in [0.1, 0.15) is 35.4 Å². The number of thiophene rings is 1. The number of carbonyl (C=O) groups is 1. The maximum Gasteiger partial charge on any atom is 0.198 e. The first-order valence-electron chi connectivity index (χ1n) is 6.24. The van der Waals surface area contributed by atoms with Gasteiger partial charge in [-0.3, -0.25) is 4.79 Å². The minimum Gasteiger partial charge on any atom is -0.373 e. The summed E-state index contributed by atoms with van der Waals surface area (Å²) in [5, 5.41) is 5.39. The van der Waals surface area contributed by atoms with E-state index in [2.05, 4.69) is 5.32 Å². The van der Waals surface area contributed by atoms with E-state index in [9.17, 15) is 4.79 Å². The van der Waals surface area contributed by atoms with Crippen molar-refractivity contribution in [1.82, 2.24) is 5.32 Å². The van der Waals surface area contributed by atoms with Crippen molar-refractivity contribution in [2.24, 2.45) is 0 Å². The van der Waals surface area contributed by atoms with Crippen LogP contribution in [0.4, 0.5) is 0 Å². The van der Waals surface area contributed by atoms with Gasteiger partial charge in [-0.1, -0.05) is 12.5 Å². The van der Waals surface area contributed by atoms with Crippen LogP contribution in [-0.2, 0) is 4.74 Å². The molecule has 2 heterocycles. The van der Waals surface area contributed by atoms with Gasteiger partial charge in [0.05, 0.1) is 4.88 Å². The van der Waals surface area contributed by atoms with Crippen LogP contribution in [0.2, 0.25) is 0 Å². The average Bonchev–Trinajstić information content (AvgIpc) is 2.89. The van der Waals surface area contributed by atoms with Crippen LogP contribution in [0, 0.1) is 0 Å². The van der Waals surface area contributed by atoms with Gasteiger partial charge in [0, 0.05) is 12.6 Å². The highest BCUT2D eigenvalue weighted by Crippen LogP contribution is 2.11. The smallest absolute Gasteiger partial charge is 0.198 e. The molecule has 1 aliphatic heterocycles. The molecule has 0 unspecified atom stereocenters. The van der Waals surface area contributed by atoms with Crippen LogP contribution < -0.4 is 5.32 Å². The summed E-state index contributed by atoms with van der Waals surface area (Å²) in [7, 11) is 0. The number of piperidine rings is 1. The van der Waals surface area contributed by atoms with E-state index >= 15 is 0 Å². The molecule has 4 heteroatoms. The molecule has 3 nitrogen and oxygen atoms in total. The summed E-state index contributed by atoms with van der Waals surface area (Å²) in [5.41, 5.74) is 0. The number of nitrogens with one attached hydrogen (secondary N) is 1. The normalized spacial score (nSPS) is 20.4. The third kappa shape index (κ3) is 4.22. The van der Waals surface area contributed by atoms with Gasteiger partial charge in [0.1, 0.15) is 6.61 Å². The zero-order valence-electron chi connectivity index (χ0n) is 9.98. The first kappa shape index (κ1) is 12.7. The molecule has 0 amide bonds. The minimum atomic E-state index is 0.0941. The van der Waals surface area contributed by atoms with E-state index in [4.69, 9.17) is 4.74 Å². The van der Waals surface area contributed by atoms with Gasteiger partial charge in [-0.25, -0.2) is 0 Å². The molecule has 1 aromatic heterocycles. The Morgan fingerprint density at radius 2 is 2.47 bits per heavy atom. The van der Waals surface area contributed by atoms with E-state index in [1.165, 1.54) is 30.6 Å². The quantitative estimate of drug-likeness (QED) is 0.625. The van der Waals surface area contributed by atoms with Crippen LogP contribution in [0.3, 0.4) is 0 Å². The number of rotatable bonds is 6. The fraction of sp³-hybridized carbons (Fsp3) is 0.615. The lowest BCUT2D eigenvalue weighted by Gasteiger charge is -2.23. The van der Waals surface area contributed by atoms with E-state index in [0.29, 0.717) is 12.6 Å². The number of ether oxygens (including phenoxy) is 1. The Morgan fingerprint density at radius 1 is 1.53 bits per heavy atom. The van der Waals surface area contributed by atoms with Gasteiger partial charge in [0.15, 0.2) is 5.78 Å². The zero-order valence-corrected chi connectivity index (χ0v) is 10.8. The fourth-order valence-electron chi connectivity index (χ4n) is 2.07. The second-order valence-corrected chi connectivity index (χ2v) is 5.34. The third-order valence-electron chi connectivity index (χ3n) is 3.05. The van der Waals surface area contributed by atoms with Crippen LogP contribution >= 0.6 is 11.3 Å². The average molecular weight is 253 g/mol. The summed E-state index contributed by atoms with van der Waals surface area (Å²) < 4.78 is 5.44. The molecule has 0 radical (unpaired) electrons. The van der Waals surface area contributed by atoms with Crippen molar-refractivity contribution in [1.29, 1.82) is 0 Å². The maximum absolute atomic E-state index is 11.6. The van der Waals surface area contributed by atoms with Crippen LogP contribution in [0.5, 0.6) is 0 Å². The maximum atomic E-state index is 11.6. The van der Waals surface area contributed by atoms with Crippen molar-refractivity contribution in [3.05, 3.63) is 22.4 Å². The number of carbonyl (C=O) groups excluding carboxylic acids is 1. The second-order valence-electron chi connectivity index (χ2n) is 4.39. The number of ketones is 1. The van der Waals surface area contributed by atoms with Crippen molar-refractivity contribution in [2.45, 2.75) is 31.7 Å². The van der Waals surface area contributed by atoms with Gasteiger partial charge in [-0.05, 0) is 37.3 Å². The predicted octanol–water partition coefficient (Wildman–Crippen LogP) is 2.48. The molecule has 94 valence electrons. The Labute approximate surface area is 106 Å². The van der Waals surface area contributed by atoms with E-state index in [0.717, 1.165) is 17.8 Å². The molecule has 0 bridgehead atoms. The molecular weight excluding hydrogens is 234 g/mol. The molecule has 0 aliphatic carbocycles. The molecule has 2 rings (SSSR count). The molecule has 1 saturated heterocycles. The van der Waals surface area contributed by atoms with Gasteiger partial charge in [0.2, 0.25) is 0 Å².